The molecule has 3 aromatic rings. The fraction of sp³-hybridized carbons (Fsp3) is 0. The Hall–Kier alpha value is -3.53. The van der Waals surface area contributed by atoms with Crippen molar-refractivity contribution in [1.82, 2.24) is 24.9 Å². The molecule has 1 aromatic carbocycles. The number of aromatic nitrogens is 4. The molecule has 25 heavy (non-hydrogen) atoms. The number of anilines is 1. The molecule has 3 rings (SSSR count). The first-order valence-corrected chi connectivity index (χ1v) is 7.23. The molecule has 1 amide bonds. The summed E-state index contributed by atoms with van der Waals surface area (Å²) in [4.78, 5) is 34.4. The van der Waals surface area contributed by atoms with E-state index in [1.807, 2.05) is 0 Å². The van der Waals surface area contributed by atoms with Gasteiger partial charge in [0.1, 0.15) is 12.7 Å². The Labute approximate surface area is 145 Å². The molecule has 0 unspecified atom stereocenters. The molecule has 0 saturated heterocycles. The van der Waals surface area contributed by atoms with Crippen molar-refractivity contribution in [1.29, 1.82) is 0 Å². The number of amides is 1. The van der Waals surface area contributed by atoms with Crippen LogP contribution in [0.2, 0.25) is 5.02 Å². The molecule has 2 aromatic heterocycles. The largest absolute Gasteiger partial charge is 0.355 e. The second-order valence-corrected chi connectivity index (χ2v) is 5.14. The van der Waals surface area contributed by atoms with Crippen LogP contribution in [0.1, 0.15) is 10.4 Å². The molecule has 126 valence electrons. The summed E-state index contributed by atoms with van der Waals surface area (Å²) in [5.74, 6) is -0.652. The summed E-state index contributed by atoms with van der Waals surface area (Å²) in [6.07, 6.45) is 5.47. The van der Waals surface area contributed by atoms with Gasteiger partial charge in [-0.05, 0) is 24.3 Å². The van der Waals surface area contributed by atoms with E-state index in [1.165, 1.54) is 35.4 Å². The zero-order valence-electron chi connectivity index (χ0n) is 12.5. The predicted octanol–water partition coefficient (Wildman–Crippen LogP) is 1.98. The maximum absolute atomic E-state index is 12.1. The van der Waals surface area contributed by atoms with E-state index in [4.69, 9.17) is 11.6 Å². The van der Waals surface area contributed by atoms with Gasteiger partial charge in [-0.3, -0.25) is 30.3 Å². The highest BCUT2D eigenvalue weighted by Crippen LogP contribution is 2.26. The van der Waals surface area contributed by atoms with Gasteiger partial charge in [0, 0.05) is 23.0 Å². The average molecular weight is 360 g/mol. The van der Waals surface area contributed by atoms with Crippen LogP contribution in [0.4, 0.5) is 11.5 Å². The number of hydrogen-bond acceptors (Lipinski definition) is 7. The first-order valence-electron chi connectivity index (χ1n) is 6.86. The summed E-state index contributed by atoms with van der Waals surface area (Å²) in [5.41, 5.74) is 4.72. The summed E-state index contributed by atoms with van der Waals surface area (Å²) in [6, 6.07) is 6.15. The Morgan fingerprint density at radius 3 is 2.64 bits per heavy atom. The Bertz CT molecular complexity index is 913. The highest BCUT2D eigenvalue weighted by molar-refractivity contribution is 6.30. The second kappa shape index (κ2) is 6.93. The zero-order chi connectivity index (χ0) is 17.8. The van der Waals surface area contributed by atoms with E-state index in [-0.39, 0.29) is 11.6 Å². The van der Waals surface area contributed by atoms with Crippen molar-refractivity contribution in [3.63, 3.8) is 0 Å². The first kappa shape index (κ1) is 16.3. The van der Waals surface area contributed by atoms with E-state index >= 15 is 0 Å². The minimum atomic E-state index is -0.647. The van der Waals surface area contributed by atoms with Crippen LogP contribution in [0.25, 0.3) is 5.82 Å². The van der Waals surface area contributed by atoms with E-state index < -0.39 is 16.5 Å². The van der Waals surface area contributed by atoms with Crippen molar-refractivity contribution in [3.8, 4) is 5.82 Å². The van der Waals surface area contributed by atoms with Gasteiger partial charge in [0.2, 0.25) is 11.6 Å². The standard InChI is InChI=1S/C14H10ClN7O3/c15-10-3-1-9(2-4-10)14(23)20-19-12-11(22(24)25)13(18-7-17-12)21-6-5-16-8-21/h1-8H,(H,20,23)(H,17,18,19). The van der Waals surface area contributed by atoms with Crippen LogP contribution in [-0.2, 0) is 0 Å². The minimum Gasteiger partial charge on any atom is -0.285 e. The van der Waals surface area contributed by atoms with Gasteiger partial charge < -0.3 is 0 Å². The molecule has 0 bridgehead atoms. The third-order valence-electron chi connectivity index (χ3n) is 3.14. The molecule has 0 radical (unpaired) electrons. The van der Waals surface area contributed by atoms with E-state index in [2.05, 4.69) is 25.8 Å². The summed E-state index contributed by atoms with van der Waals surface area (Å²) in [6.45, 7) is 0. The van der Waals surface area contributed by atoms with Gasteiger partial charge in [0.25, 0.3) is 5.91 Å². The van der Waals surface area contributed by atoms with E-state index in [1.54, 1.807) is 12.1 Å². The number of hydrazine groups is 1. The fourth-order valence-electron chi connectivity index (χ4n) is 1.99. The summed E-state index contributed by atoms with van der Waals surface area (Å²) in [7, 11) is 0. The van der Waals surface area contributed by atoms with Gasteiger partial charge in [-0.1, -0.05) is 11.6 Å². The van der Waals surface area contributed by atoms with Crippen LogP contribution < -0.4 is 10.9 Å². The van der Waals surface area contributed by atoms with Crippen molar-refractivity contribution in [2.24, 2.45) is 0 Å². The third-order valence-corrected chi connectivity index (χ3v) is 3.39. The monoisotopic (exact) mass is 359 g/mol. The van der Waals surface area contributed by atoms with Crippen molar-refractivity contribution in [2.75, 3.05) is 5.43 Å². The molecule has 0 aliphatic rings. The molecule has 0 atom stereocenters. The highest BCUT2D eigenvalue weighted by Gasteiger charge is 2.24. The molecule has 0 aliphatic heterocycles. The summed E-state index contributed by atoms with van der Waals surface area (Å²) < 4.78 is 1.37. The van der Waals surface area contributed by atoms with Crippen LogP contribution in [0, 0.1) is 10.1 Å². The lowest BCUT2D eigenvalue weighted by molar-refractivity contribution is -0.384. The van der Waals surface area contributed by atoms with Crippen LogP contribution in [0.3, 0.4) is 0 Å². The molecule has 0 aliphatic carbocycles. The Balaban J connectivity index is 1.85. The van der Waals surface area contributed by atoms with Gasteiger partial charge >= 0.3 is 5.69 Å². The molecule has 0 fully saturated rings. The Kier molecular flexibility index (Phi) is 4.53. The molecular formula is C14H10ClN7O3. The normalized spacial score (nSPS) is 10.3. The van der Waals surface area contributed by atoms with Gasteiger partial charge in [-0.25, -0.2) is 15.0 Å². The third kappa shape index (κ3) is 3.53. The molecule has 2 heterocycles. The topological polar surface area (TPSA) is 128 Å². The molecule has 2 N–H and O–H groups in total. The summed E-state index contributed by atoms with van der Waals surface area (Å²) in [5, 5.41) is 11.9. The lowest BCUT2D eigenvalue weighted by Crippen LogP contribution is -2.30. The van der Waals surface area contributed by atoms with Gasteiger partial charge in [0.15, 0.2) is 0 Å². The van der Waals surface area contributed by atoms with Crippen molar-refractivity contribution < 1.29 is 9.72 Å². The second-order valence-electron chi connectivity index (χ2n) is 4.71. The van der Waals surface area contributed by atoms with Gasteiger partial charge in [0.05, 0.1) is 4.92 Å². The molecule has 0 spiro atoms. The molecule has 0 saturated carbocycles. The highest BCUT2D eigenvalue weighted by atomic mass is 35.5. The van der Waals surface area contributed by atoms with Crippen LogP contribution in [0.15, 0.2) is 49.3 Å². The number of halogens is 1. The van der Waals surface area contributed by atoms with Crippen molar-refractivity contribution in [3.05, 3.63) is 70.0 Å². The van der Waals surface area contributed by atoms with Gasteiger partial charge in [-0.15, -0.1) is 0 Å². The van der Waals surface area contributed by atoms with Crippen LogP contribution in [-0.4, -0.2) is 30.3 Å². The van der Waals surface area contributed by atoms with Crippen LogP contribution in [0.5, 0.6) is 0 Å². The first-order chi connectivity index (χ1) is 12.1. The maximum atomic E-state index is 12.1. The number of rotatable bonds is 5. The van der Waals surface area contributed by atoms with Crippen LogP contribution >= 0.6 is 11.6 Å². The number of benzene rings is 1. The van der Waals surface area contributed by atoms with Gasteiger partial charge in [-0.2, -0.15) is 0 Å². The number of imidazole rings is 1. The number of carbonyl (C=O) groups excluding carboxylic acids is 1. The fourth-order valence-corrected chi connectivity index (χ4v) is 2.12. The quantitative estimate of drug-likeness (QED) is 0.526. The number of nitrogens with zero attached hydrogens (tertiary/aromatic N) is 5. The smallest absolute Gasteiger partial charge is 0.285 e. The van der Waals surface area contributed by atoms with Crippen molar-refractivity contribution >= 4 is 29.0 Å². The van der Waals surface area contributed by atoms with E-state index in [9.17, 15) is 14.9 Å². The number of hydrogen-bond donors (Lipinski definition) is 2. The maximum Gasteiger partial charge on any atom is 0.355 e. The Morgan fingerprint density at radius 2 is 2.00 bits per heavy atom. The van der Waals surface area contributed by atoms with E-state index in [0.29, 0.717) is 10.6 Å². The lowest BCUT2D eigenvalue weighted by Gasteiger charge is -2.10. The average Bonchev–Trinajstić information content (AvgIpc) is 3.14. The number of nitro groups is 1. The zero-order valence-corrected chi connectivity index (χ0v) is 13.2. The molecule has 11 heteroatoms. The summed E-state index contributed by atoms with van der Waals surface area (Å²) >= 11 is 5.76. The predicted molar refractivity (Wildman–Crippen MR) is 88.3 cm³/mol. The van der Waals surface area contributed by atoms with E-state index in [0.717, 1.165) is 6.33 Å². The minimum absolute atomic E-state index is 0.0146. The molecule has 10 nitrogen and oxygen atoms in total. The number of carbonyl (C=O) groups is 1. The SMILES string of the molecule is O=C(NNc1ncnc(-n2ccnc2)c1[N+](=O)[O-])c1ccc(Cl)cc1. The molecular weight excluding hydrogens is 350 g/mol. The van der Waals surface area contributed by atoms with Crippen molar-refractivity contribution in [2.45, 2.75) is 0 Å². The lowest BCUT2D eigenvalue weighted by atomic mass is 10.2. The number of nitrogens with one attached hydrogen (secondary N) is 2. The Morgan fingerprint density at radius 1 is 1.24 bits per heavy atom.